The van der Waals surface area contributed by atoms with Crippen molar-refractivity contribution in [3.63, 3.8) is 0 Å². The molecule has 1 unspecified atom stereocenters. The summed E-state index contributed by atoms with van der Waals surface area (Å²) in [4.78, 5) is 14.6. The summed E-state index contributed by atoms with van der Waals surface area (Å²) in [6.45, 7) is 1.26. The molecule has 0 aliphatic carbocycles. The predicted octanol–water partition coefficient (Wildman–Crippen LogP) is 2.26. The van der Waals surface area contributed by atoms with E-state index in [-0.39, 0.29) is 24.4 Å². The average Bonchev–Trinajstić information content (AvgIpc) is 3.11. The molecule has 0 bridgehead atoms. The van der Waals surface area contributed by atoms with E-state index in [4.69, 9.17) is 10.5 Å². The largest absolute Gasteiger partial charge is 0.497 e. The van der Waals surface area contributed by atoms with E-state index in [0.717, 1.165) is 37.2 Å². The molecular formula is C17H23ClN4O2. The first kappa shape index (κ1) is 18.3. The number of methoxy groups -OCH3 is 1. The van der Waals surface area contributed by atoms with Gasteiger partial charge in [-0.3, -0.25) is 4.79 Å². The normalized spacial score (nSPS) is 17.2. The maximum absolute atomic E-state index is 12.7. The van der Waals surface area contributed by atoms with E-state index in [1.807, 2.05) is 29.2 Å². The lowest BCUT2D eigenvalue weighted by Gasteiger charge is -2.34. The second kappa shape index (κ2) is 8.17. The van der Waals surface area contributed by atoms with Gasteiger partial charge < -0.3 is 15.4 Å². The summed E-state index contributed by atoms with van der Waals surface area (Å²) in [6.07, 6.45) is 4.94. The fourth-order valence-electron chi connectivity index (χ4n) is 2.98. The number of amides is 1. The molecule has 1 aromatic heterocycles. The summed E-state index contributed by atoms with van der Waals surface area (Å²) >= 11 is 0. The predicted molar refractivity (Wildman–Crippen MR) is 95.1 cm³/mol. The van der Waals surface area contributed by atoms with Gasteiger partial charge in [0.25, 0.3) is 5.91 Å². The van der Waals surface area contributed by atoms with Crippen molar-refractivity contribution in [2.75, 3.05) is 20.2 Å². The smallest absolute Gasteiger partial charge is 0.274 e. The quantitative estimate of drug-likeness (QED) is 0.917. The highest BCUT2D eigenvalue weighted by molar-refractivity contribution is 5.92. The van der Waals surface area contributed by atoms with E-state index >= 15 is 0 Å². The minimum absolute atomic E-state index is 0. The number of ether oxygens (including phenoxy) is 1. The van der Waals surface area contributed by atoms with E-state index in [0.29, 0.717) is 12.2 Å². The highest BCUT2D eigenvalue weighted by Crippen LogP contribution is 2.19. The summed E-state index contributed by atoms with van der Waals surface area (Å²) in [5, 5.41) is 4.42. The Labute approximate surface area is 148 Å². The van der Waals surface area contributed by atoms with Crippen LogP contribution in [0.3, 0.4) is 0 Å². The molecular weight excluding hydrogens is 328 g/mol. The maximum Gasteiger partial charge on any atom is 0.274 e. The standard InChI is InChI=1S/C17H22N4O2.ClH/c1-23-15-7-5-13(6-8-15)21-11-9-16(19-21)17(22)20-10-3-2-4-14(20)12-18;/h5-9,11,14H,2-4,10,12,18H2,1H3;1H. The summed E-state index contributed by atoms with van der Waals surface area (Å²) in [5.74, 6) is 0.753. The van der Waals surface area contributed by atoms with Crippen molar-refractivity contribution in [2.24, 2.45) is 5.73 Å². The summed E-state index contributed by atoms with van der Waals surface area (Å²) in [7, 11) is 1.63. The number of piperidine rings is 1. The zero-order valence-corrected chi connectivity index (χ0v) is 14.5. The van der Waals surface area contributed by atoms with Gasteiger partial charge in [0.2, 0.25) is 0 Å². The summed E-state index contributed by atoms with van der Waals surface area (Å²) in [5.41, 5.74) is 7.15. The molecule has 1 aliphatic heterocycles. The van der Waals surface area contributed by atoms with Crippen LogP contribution in [0.5, 0.6) is 5.75 Å². The number of carbonyl (C=O) groups excluding carboxylic acids is 1. The van der Waals surface area contributed by atoms with Crippen LogP contribution in [-0.2, 0) is 0 Å². The Morgan fingerprint density at radius 3 is 2.71 bits per heavy atom. The van der Waals surface area contributed by atoms with Gasteiger partial charge in [0.1, 0.15) is 5.75 Å². The molecule has 2 N–H and O–H groups in total. The van der Waals surface area contributed by atoms with Crippen molar-refractivity contribution in [1.29, 1.82) is 0 Å². The molecule has 1 aliphatic rings. The van der Waals surface area contributed by atoms with Gasteiger partial charge in [0.15, 0.2) is 5.69 Å². The van der Waals surface area contributed by atoms with Crippen LogP contribution >= 0.6 is 12.4 Å². The Morgan fingerprint density at radius 2 is 2.04 bits per heavy atom. The lowest BCUT2D eigenvalue weighted by Crippen LogP contribution is -2.47. The Hall–Kier alpha value is -2.05. The van der Waals surface area contributed by atoms with Gasteiger partial charge in [0, 0.05) is 25.3 Å². The number of carbonyl (C=O) groups is 1. The molecule has 0 spiro atoms. The minimum atomic E-state index is -0.0348. The molecule has 2 aromatic rings. The van der Waals surface area contributed by atoms with E-state index in [9.17, 15) is 4.79 Å². The fourth-order valence-corrected chi connectivity index (χ4v) is 2.98. The molecule has 1 amide bonds. The topological polar surface area (TPSA) is 73.4 Å². The van der Waals surface area contributed by atoms with E-state index < -0.39 is 0 Å². The lowest BCUT2D eigenvalue weighted by molar-refractivity contribution is 0.0617. The molecule has 2 heterocycles. The third-order valence-corrected chi connectivity index (χ3v) is 4.31. The van der Waals surface area contributed by atoms with Crippen molar-refractivity contribution in [3.8, 4) is 11.4 Å². The molecule has 1 aromatic carbocycles. The number of rotatable bonds is 4. The van der Waals surface area contributed by atoms with Gasteiger partial charge in [-0.15, -0.1) is 12.4 Å². The lowest BCUT2D eigenvalue weighted by atomic mass is 10.0. The van der Waals surface area contributed by atoms with Gasteiger partial charge >= 0.3 is 0 Å². The first-order chi connectivity index (χ1) is 11.2. The molecule has 7 heteroatoms. The van der Waals surface area contributed by atoms with Gasteiger partial charge in [-0.1, -0.05) is 0 Å². The fraction of sp³-hybridized carbons (Fsp3) is 0.412. The monoisotopic (exact) mass is 350 g/mol. The van der Waals surface area contributed by atoms with Gasteiger partial charge in [0.05, 0.1) is 12.8 Å². The molecule has 6 nitrogen and oxygen atoms in total. The van der Waals surface area contributed by atoms with Crippen molar-refractivity contribution in [3.05, 3.63) is 42.2 Å². The maximum atomic E-state index is 12.7. The van der Waals surface area contributed by atoms with Crippen LogP contribution in [-0.4, -0.2) is 46.8 Å². The van der Waals surface area contributed by atoms with Crippen LogP contribution in [0.25, 0.3) is 5.69 Å². The van der Waals surface area contributed by atoms with Crippen LogP contribution in [0, 0.1) is 0 Å². The Morgan fingerprint density at radius 1 is 1.29 bits per heavy atom. The SMILES string of the molecule is COc1ccc(-n2ccc(C(=O)N3CCCCC3CN)n2)cc1.Cl. The number of hydrogen-bond donors (Lipinski definition) is 1. The van der Waals surface area contributed by atoms with Crippen molar-refractivity contribution >= 4 is 18.3 Å². The Kier molecular flexibility index (Phi) is 6.23. The number of likely N-dealkylation sites (tertiary alicyclic amines) is 1. The summed E-state index contributed by atoms with van der Waals surface area (Å²) < 4.78 is 6.85. The number of hydrogen-bond acceptors (Lipinski definition) is 4. The van der Waals surface area contributed by atoms with Crippen LogP contribution < -0.4 is 10.5 Å². The molecule has 3 rings (SSSR count). The van der Waals surface area contributed by atoms with Gasteiger partial charge in [-0.05, 0) is 49.6 Å². The highest BCUT2D eigenvalue weighted by atomic mass is 35.5. The zero-order valence-electron chi connectivity index (χ0n) is 13.7. The number of aromatic nitrogens is 2. The zero-order chi connectivity index (χ0) is 16.2. The first-order valence-corrected chi connectivity index (χ1v) is 7.94. The number of halogens is 1. The number of benzene rings is 1. The molecule has 130 valence electrons. The van der Waals surface area contributed by atoms with E-state index in [1.54, 1.807) is 24.1 Å². The molecule has 1 atom stereocenters. The van der Waals surface area contributed by atoms with Crippen molar-refractivity contribution in [1.82, 2.24) is 14.7 Å². The molecule has 0 radical (unpaired) electrons. The molecule has 1 saturated heterocycles. The Bertz CT molecular complexity index is 671. The van der Waals surface area contributed by atoms with Crippen molar-refractivity contribution < 1.29 is 9.53 Å². The van der Waals surface area contributed by atoms with Crippen LogP contribution in [0.15, 0.2) is 36.5 Å². The highest BCUT2D eigenvalue weighted by Gasteiger charge is 2.27. The Balaban J connectivity index is 0.00000208. The molecule has 0 saturated carbocycles. The second-order valence-corrected chi connectivity index (χ2v) is 5.73. The number of nitrogens with zero attached hydrogens (tertiary/aromatic N) is 3. The van der Waals surface area contributed by atoms with Crippen molar-refractivity contribution in [2.45, 2.75) is 25.3 Å². The molecule has 1 fully saturated rings. The van der Waals surface area contributed by atoms with Gasteiger partial charge in [-0.2, -0.15) is 5.10 Å². The van der Waals surface area contributed by atoms with Crippen LogP contribution in [0.4, 0.5) is 0 Å². The van der Waals surface area contributed by atoms with Gasteiger partial charge in [-0.25, -0.2) is 4.68 Å². The van der Waals surface area contributed by atoms with Crippen LogP contribution in [0.2, 0.25) is 0 Å². The molecule has 24 heavy (non-hydrogen) atoms. The third-order valence-electron chi connectivity index (χ3n) is 4.31. The van der Waals surface area contributed by atoms with Crippen LogP contribution in [0.1, 0.15) is 29.8 Å². The second-order valence-electron chi connectivity index (χ2n) is 5.73. The minimum Gasteiger partial charge on any atom is -0.497 e. The van der Waals surface area contributed by atoms with E-state index in [1.165, 1.54) is 0 Å². The first-order valence-electron chi connectivity index (χ1n) is 7.94. The van der Waals surface area contributed by atoms with E-state index in [2.05, 4.69) is 5.10 Å². The number of nitrogens with two attached hydrogens (primary N) is 1. The third kappa shape index (κ3) is 3.71. The summed E-state index contributed by atoms with van der Waals surface area (Å²) in [6, 6.07) is 9.44. The average molecular weight is 351 g/mol.